The van der Waals surface area contributed by atoms with Crippen molar-refractivity contribution in [3.05, 3.63) is 34.9 Å². The SMILES string of the molecule is COC1(C(=O)c2cc(C)cc(C)c2)CCCCC1. The number of hydrogen-bond donors (Lipinski definition) is 0. The Labute approximate surface area is 109 Å². The van der Waals surface area contributed by atoms with E-state index in [2.05, 4.69) is 6.07 Å². The van der Waals surface area contributed by atoms with Crippen LogP contribution in [-0.2, 0) is 4.74 Å². The second-order valence-corrected chi connectivity index (χ2v) is 5.46. The van der Waals surface area contributed by atoms with Gasteiger partial charge >= 0.3 is 0 Å². The van der Waals surface area contributed by atoms with Crippen molar-refractivity contribution in [1.29, 1.82) is 0 Å². The van der Waals surface area contributed by atoms with Gasteiger partial charge < -0.3 is 4.74 Å². The minimum absolute atomic E-state index is 0.163. The van der Waals surface area contributed by atoms with Crippen molar-refractivity contribution in [2.24, 2.45) is 0 Å². The highest BCUT2D eigenvalue weighted by atomic mass is 16.5. The summed E-state index contributed by atoms with van der Waals surface area (Å²) in [5.74, 6) is 0.163. The van der Waals surface area contributed by atoms with E-state index in [1.807, 2.05) is 26.0 Å². The third kappa shape index (κ3) is 2.49. The summed E-state index contributed by atoms with van der Waals surface area (Å²) in [5.41, 5.74) is 2.51. The van der Waals surface area contributed by atoms with E-state index >= 15 is 0 Å². The molecule has 1 aliphatic carbocycles. The maximum Gasteiger partial charge on any atom is 0.194 e. The summed E-state index contributed by atoms with van der Waals surface area (Å²) in [4.78, 5) is 12.7. The van der Waals surface area contributed by atoms with Gasteiger partial charge in [-0.15, -0.1) is 0 Å². The lowest BCUT2D eigenvalue weighted by Crippen LogP contribution is -2.42. The molecule has 0 saturated heterocycles. The third-order valence-electron chi connectivity index (χ3n) is 3.95. The van der Waals surface area contributed by atoms with E-state index in [4.69, 9.17) is 4.74 Å². The second-order valence-electron chi connectivity index (χ2n) is 5.46. The molecule has 2 nitrogen and oxygen atoms in total. The molecule has 0 radical (unpaired) electrons. The van der Waals surface area contributed by atoms with E-state index in [9.17, 15) is 4.79 Å². The first kappa shape index (κ1) is 13.3. The Hall–Kier alpha value is -1.15. The maximum atomic E-state index is 12.7. The number of Topliss-reactive ketones (excluding diaryl/α,β-unsaturated/α-hetero) is 1. The van der Waals surface area contributed by atoms with Gasteiger partial charge in [0.15, 0.2) is 5.78 Å². The first-order valence-electron chi connectivity index (χ1n) is 6.76. The van der Waals surface area contributed by atoms with Crippen LogP contribution < -0.4 is 0 Å². The standard InChI is InChI=1S/C16H22O2/c1-12-9-13(2)11-14(10-12)15(17)16(18-3)7-5-4-6-8-16/h9-11H,4-8H2,1-3H3. The molecule has 2 heteroatoms. The van der Waals surface area contributed by atoms with E-state index in [0.717, 1.165) is 42.4 Å². The number of carbonyl (C=O) groups excluding carboxylic acids is 1. The van der Waals surface area contributed by atoms with Crippen LogP contribution in [0, 0.1) is 13.8 Å². The minimum atomic E-state index is -0.571. The Morgan fingerprint density at radius 3 is 2.11 bits per heavy atom. The summed E-state index contributed by atoms with van der Waals surface area (Å²) < 4.78 is 5.63. The van der Waals surface area contributed by atoms with Crippen LogP contribution in [0.4, 0.5) is 0 Å². The van der Waals surface area contributed by atoms with Crippen LogP contribution in [0.1, 0.15) is 53.6 Å². The van der Waals surface area contributed by atoms with Crippen LogP contribution in [0.5, 0.6) is 0 Å². The molecule has 0 heterocycles. The molecule has 0 aliphatic heterocycles. The molecule has 1 aromatic rings. The van der Waals surface area contributed by atoms with Crippen LogP contribution in [0.15, 0.2) is 18.2 Å². The molecule has 1 saturated carbocycles. The molecule has 98 valence electrons. The number of hydrogen-bond acceptors (Lipinski definition) is 2. The van der Waals surface area contributed by atoms with Crippen molar-refractivity contribution < 1.29 is 9.53 Å². The summed E-state index contributed by atoms with van der Waals surface area (Å²) in [7, 11) is 1.67. The molecular weight excluding hydrogens is 224 g/mol. The van der Waals surface area contributed by atoms with E-state index in [1.165, 1.54) is 6.42 Å². The van der Waals surface area contributed by atoms with Crippen LogP contribution in [0.25, 0.3) is 0 Å². The smallest absolute Gasteiger partial charge is 0.194 e. The lowest BCUT2D eigenvalue weighted by molar-refractivity contribution is -0.0194. The van der Waals surface area contributed by atoms with Crippen molar-refractivity contribution >= 4 is 5.78 Å². The zero-order valence-corrected chi connectivity index (χ0v) is 11.6. The highest BCUT2D eigenvalue weighted by Crippen LogP contribution is 2.34. The van der Waals surface area contributed by atoms with Crippen molar-refractivity contribution in [1.82, 2.24) is 0 Å². The Morgan fingerprint density at radius 2 is 1.61 bits per heavy atom. The average Bonchev–Trinajstić information content (AvgIpc) is 2.37. The third-order valence-corrected chi connectivity index (χ3v) is 3.95. The maximum absolute atomic E-state index is 12.7. The number of methoxy groups -OCH3 is 1. The van der Waals surface area contributed by atoms with Gasteiger partial charge in [-0.3, -0.25) is 4.79 Å². The predicted octanol–water partition coefficient (Wildman–Crippen LogP) is 3.84. The normalized spacial score (nSPS) is 18.6. The molecule has 18 heavy (non-hydrogen) atoms. The van der Waals surface area contributed by atoms with E-state index in [0.29, 0.717) is 0 Å². The Morgan fingerprint density at radius 1 is 1.06 bits per heavy atom. The minimum Gasteiger partial charge on any atom is -0.370 e. The summed E-state index contributed by atoms with van der Waals surface area (Å²) in [6, 6.07) is 6.05. The van der Waals surface area contributed by atoms with Crippen molar-refractivity contribution in [3.63, 3.8) is 0 Å². The number of ketones is 1. The zero-order valence-electron chi connectivity index (χ0n) is 11.6. The van der Waals surface area contributed by atoms with Crippen LogP contribution in [0.2, 0.25) is 0 Å². The fraction of sp³-hybridized carbons (Fsp3) is 0.562. The quantitative estimate of drug-likeness (QED) is 0.757. The molecule has 0 spiro atoms. The number of benzene rings is 1. The fourth-order valence-corrected chi connectivity index (χ4v) is 3.02. The summed E-state index contributed by atoms with van der Waals surface area (Å²) >= 11 is 0. The van der Waals surface area contributed by atoms with Gasteiger partial charge in [0.1, 0.15) is 5.60 Å². The molecule has 0 bridgehead atoms. The molecule has 0 unspecified atom stereocenters. The van der Waals surface area contributed by atoms with Crippen LogP contribution >= 0.6 is 0 Å². The second kappa shape index (κ2) is 5.23. The first-order chi connectivity index (χ1) is 8.57. The number of aryl methyl sites for hydroxylation is 2. The topological polar surface area (TPSA) is 26.3 Å². The van der Waals surface area contributed by atoms with Gasteiger partial charge in [-0.2, -0.15) is 0 Å². The summed E-state index contributed by atoms with van der Waals surface area (Å²) in [6.07, 6.45) is 5.10. The molecular formula is C16H22O2. The van der Waals surface area contributed by atoms with E-state index in [-0.39, 0.29) is 5.78 Å². The van der Waals surface area contributed by atoms with E-state index < -0.39 is 5.60 Å². The van der Waals surface area contributed by atoms with Crippen LogP contribution in [-0.4, -0.2) is 18.5 Å². The molecule has 1 fully saturated rings. The predicted molar refractivity (Wildman–Crippen MR) is 73.1 cm³/mol. The molecule has 0 N–H and O–H groups in total. The van der Waals surface area contributed by atoms with Gasteiger partial charge in [-0.05, 0) is 38.8 Å². The van der Waals surface area contributed by atoms with E-state index in [1.54, 1.807) is 7.11 Å². The van der Waals surface area contributed by atoms with Gasteiger partial charge in [0.25, 0.3) is 0 Å². The molecule has 0 aromatic heterocycles. The highest BCUT2D eigenvalue weighted by Gasteiger charge is 2.39. The van der Waals surface area contributed by atoms with Gasteiger partial charge in [-0.25, -0.2) is 0 Å². The summed E-state index contributed by atoms with van der Waals surface area (Å²) in [6.45, 7) is 4.06. The number of rotatable bonds is 3. The Bertz CT molecular complexity index is 422. The molecule has 0 atom stereocenters. The highest BCUT2D eigenvalue weighted by molar-refractivity contribution is 6.02. The van der Waals surface area contributed by atoms with Gasteiger partial charge in [-0.1, -0.05) is 36.5 Å². The molecule has 0 amide bonds. The van der Waals surface area contributed by atoms with Crippen molar-refractivity contribution in [2.75, 3.05) is 7.11 Å². The van der Waals surface area contributed by atoms with Crippen molar-refractivity contribution in [3.8, 4) is 0 Å². The lowest BCUT2D eigenvalue weighted by Gasteiger charge is -2.34. The average molecular weight is 246 g/mol. The number of ether oxygens (including phenoxy) is 1. The number of carbonyl (C=O) groups is 1. The zero-order chi connectivity index (χ0) is 13.2. The Kier molecular flexibility index (Phi) is 3.86. The first-order valence-corrected chi connectivity index (χ1v) is 6.76. The summed E-state index contributed by atoms with van der Waals surface area (Å²) in [5, 5.41) is 0. The largest absolute Gasteiger partial charge is 0.370 e. The van der Waals surface area contributed by atoms with Gasteiger partial charge in [0.2, 0.25) is 0 Å². The van der Waals surface area contributed by atoms with Crippen LogP contribution in [0.3, 0.4) is 0 Å². The fourth-order valence-electron chi connectivity index (χ4n) is 3.02. The lowest BCUT2D eigenvalue weighted by atomic mass is 9.79. The molecule has 1 aromatic carbocycles. The Balaban J connectivity index is 2.33. The molecule has 1 aliphatic rings. The van der Waals surface area contributed by atoms with Crippen molar-refractivity contribution in [2.45, 2.75) is 51.6 Å². The monoisotopic (exact) mass is 246 g/mol. The van der Waals surface area contributed by atoms with Gasteiger partial charge in [0, 0.05) is 12.7 Å². The van der Waals surface area contributed by atoms with Gasteiger partial charge in [0.05, 0.1) is 0 Å². The molecule has 2 rings (SSSR count).